The van der Waals surface area contributed by atoms with Crippen LogP contribution in [0.25, 0.3) is 15.9 Å². The van der Waals surface area contributed by atoms with E-state index in [1.807, 2.05) is 41.9 Å². The van der Waals surface area contributed by atoms with Crippen molar-refractivity contribution in [1.29, 1.82) is 0 Å². The summed E-state index contributed by atoms with van der Waals surface area (Å²) in [6.07, 6.45) is 3.51. The molecule has 1 aliphatic rings. The second-order valence-corrected chi connectivity index (χ2v) is 9.12. The number of hydrogen-bond donors (Lipinski definition) is 1. The first-order chi connectivity index (χ1) is 12.9. The lowest BCUT2D eigenvalue weighted by Gasteiger charge is -2.34. The van der Waals surface area contributed by atoms with Crippen molar-refractivity contribution in [2.45, 2.75) is 46.1 Å². The van der Waals surface area contributed by atoms with E-state index in [0.29, 0.717) is 16.9 Å². The van der Waals surface area contributed by atoms with Crippen molar-refractivity contribution < 1.29 is 4.79 Å². The van der Waals surface area contributed by atoms with Crippen molar-refractivity contribution in [3.8, 4) is 5.69 Å². The zero-order chi connectivity index (χ0) is 19.1. The summed E-state index contributed by atoms with van der Waals surface area (Å²) in [5.74, 6) is 1.21. The highest BCUT2D eigenvalue weighted by Crippen LogP contribution is 2.32. The van der Waals surface area contributed by atoms with E-state index >= 15 is 0 Å². The number of thiophene rings is 1. The Morgan fingerprint density at radius 2 is 2.00 bits per heavy atom. The maximum absolute atomic E-state index is 12.9. The zero-order valence-corrected chi connectivity index (χ0v) is 17.4. The summed E-state index contributed by atoms with van der Waals surface area (Å²) in [5, 5.41) is 9.64. The summed E-state index contributed by atoms with van der Waals surface area (Å²) in [5.41, 5.74) is 1.87. The summed E-state index contributed by atoms with van der Waals surface area (Å²) >= 11 is 7.50. The van der Waals surface area contributed by atoms with Crippen LogP contribution >= 0.6 is 22.9 Å². The highest BCUT2D eigenvalue weighted by Gasteiger charge is 2.29. The number of aromatic nitrogens is 2. The van der Waals surface area contributed by atoms with Gasteiger partial charge in [-0.2, -0.15) is 5.10 Å². The molecule has 2 aromatic heterocycles. The molecule has 0 saturated heterocycles. The Balaban J connectivity index is 1.62. The normalized spacial score (nSPS) is 22.9. The average Bonchev–Trinajstić information content (AvgIpc) is 3.21. The highest BCUT2D eigenvalue weighted by atomic mass is 35.5. The number of nitrogens with zero attached hydrogens (tertiary/aromatic N) is 2. The summed E-state index contributed by atoms with van der Waals surface area (Å²) < 4.78 is 1.90. The van der Waals surface area contributed by atoms with Crippen LogP contribution in [-0.4, -0.2) is 21.7 Å². The smallest absolute Gasteiger partial charge is 0.261 e. The molecule has 142 valence electrons. The van der Waals surface area contributed by atoms with Gasteiger partial charge in [-0.3, -0.25) is 4.79 Å². The zero-order valence-electron chi connectivity index (χ0n) is 15.8. The monoisotopic (exact) mass is 401 g/mol. The average molecular weight is 402 g/mol. The van der Waals surface area contributed by atoms with Crippen molar-refractivity contribution in [2.75, 3.05) is 0 Å². The molecule has 1 amide bonds. The molecule has 1 aliphatic carbocycles. The van der Waals surface area contributed by atoms with E-state index in [0.717, 1.165) is 32.9 Å². The van der Waals surface area contributed by atoms with Crippen molar-refractivity contribution in [3.05, 3.63) is 45.9 Å². The molecule has 0 bridgehead atoms. The topological polar surface area (TPSA) is 46.9 Å². The number of fused-ring (bicyclic) bond motifs is 1. The molecule has 1 saturated carbocycles. The van der Waals surface area contributed by atoms with Gasteiger partial charge in [0.15, 0.2) is 0 Å². The number of halogens is 1. The van der Waals surface area contributed by atoms with Gasteiger partial charge in [-0.15, -0.1) is 11.3 Å². The highest BCUT2D eigenvalue weighted by molar-refractivity contribution is 7.20. The third kappa shape index (κ3) is 3.50. The molecule has 1 fully saturated rings. The third-order valence-corrected chi connectivity index (χ3v) is 7.22. The van der Waals surface area contributed by atoms with E-state index in [2.05, 4.69) is 24.3 Å². The van der Waals surface area contributed by atoms with Gasteiger partial charge in [0.05, 0.1) is 16.3 Å². The summed E-state index contributed by atoms with van der Waals surface area (Å²) in [7, 11) is 0. The van der Waals surface area contributed by atoms with E-state index in [4.69, 9.17) is 11.6 Å². The number of aryl methyl sites for hydroxylation is 1. The van der Waals surface area contributed by atoms with Gasteiger partial charge in [-0.1, -0.05) is 38.3 Å². The van der Waals surface area contributed by atoms with Gasteiger partial charge in [-0.05, 0) is 55.5 Å². The number of nitrogens with one attached hydrogen (secondary N) is 1. The first kappa shape index (κ1) is 18.5. The number of benzene rings is 1. The third-order valence-electron chi connectivity index (χ3n) is 5.86. The quantitative estimate of drug-likeness (QED) is 0.620. The molecule has 4 nitrogen and oxygen atoms in total. The maximum Gasteiger partial charge on any atom is 0.261 e. The molecule has 3 atom stereocenters. The molecule has 1 N–H and O–H groups in total. The van der Waals surface area contributed by atoms with Crippen molar-refractivity contribution in [3.63, 3.8) is 0 Å². The van der Waals surface area contributed by atoms with E-state index < -0.39 is 0 Å². The number of amides is 1. The fourth-order valence-electron chi connectivity index (χ4n) is 3.94. The van der Waals surface area contributed by atoms with Gasteiger partial charge < -0.3 is 5.32 Å². The van der Waals surface area contributed by atoms with Crippen LogP contribution in [0.1, 0.15) is 48.5 Å². The van der Waals surface area contributed by atoms with Gasteiger partial charge in [-0.25, -0.2) is 4.68 Å². The second kappa shape index (κ2) is 7.28. The number of carbonyl (C=O) groups excluding carboxylic acids is 1. The van der Waals surface area contributed by atoms with Crippen LogP contribution in [0.3, 0.4) is 0 Å². The van der Waals surface area contributed by atoms with Gasteiger partial charge in [0.1, 0.15) is 4.83 Å². The lowest BCUT2D eigenvalue weighted by molar-refractivity contribution is 0.0895. The number of carbonyl (C=O) groups is 1. The Bertz CT molecular complexity index is 975. The van der Waals surface area contributed by atoms with Crippen LogP contribution in [0.4, 0.5) is 0 Å². The SMILES string of the molecule is Cc1nn(-c2ccc(Cl)cc2)c2sc(C(=O)N[C@@H]3CCC[C@@H](C)[C@H]3C)cc12. The number of hydrogen-bond acceptors (Lipinski definition) is 3. The first-order valence-corrected chi connectivity index (χ1v) is 10.7. The Kier molecular flexibility index (Phi) is 4.99. The first-order valence-electron chi connectivity index (χ1n) is 9.50. The summed E-state index contributed by atoms with van der Waals surface area (Å²) in [4.78, 5) is 14.6. The van der Waals surface area contributed by atoms with E-state index in [-0.39, 0.29) is 11.9 Å². The molecule has 2 heterocycles. The van der Waals surface area contributed by atoms with Gasteiger partial charge >= 0.3 is 0 Å². The van der Waals surface area contributed by atoms with Gasteiger partial charge in [0, 0.05) is 16.5 Å². The standard InChI is InChI=1S/C21H24ClN3OS/c1-12-5-4-6-18(13(12)2)23-20(26)19-11-17-14(3)24-25(21(17)27-19)16-9-7-15(22)8-10-16/h7-13,18H,4-6H2,1-3H3,(H,23,26)/t12-,13-,18-/m1/s1. The fourth-order valence-corrected chi connectivity index (χ4v) is 5.15. The molecule has 0 unspecified atom stereocenters. The molecular weight excluding hydrogens is 378 g/mol. The fraction of sp³-hybridized carbons (Fsp3) is 0.429. The Morgan fingerprint density at radius 1 is 1.26 bits per heavy atom. The Hall–Kier alpha value is -1.85. The predicted octanol–water partition coefficient (Wildman–Crippen LogP) is 5.60. The molecule has 1 aromatic carbocycles. The van der Waals surface area contributed by atoms with Crippen molar-refractivity contribution >= 4 is 39.1 Å². The summed E-state index contributed by atoms with van der Waals surface area (Å²) in [6.45, 7) is 6.52. The number of rotatable bonds is 3. The van der Waals surface area contributed by atoms with E-state index in [1.54, 1.807) is 0 Å². The second-order valence-electron chi connectivity index (χ2n) is 7.65. The molecule has 4 rings (SSSR count). The molecular formula is C21H24ClN3OS. The molecule has 6 heteroatoms. The van der Waals surface area contributed by atoms with Gasteiger partial charge in [0.25, 0.3) is 5.91 Å². The lowest BCUT2D eigenvalue weighted by Crippen LogP contribution is -2.43. The molecule has 0 aliphatic heterocycles. The van der Waals surface area contributed by atoms with Crippen LogP contribution in [0.15, 0.2) is 30.3 Å². The molecule has 0 radical (unpaired) electrons. The molecule has 27 heavy (non-hydrogen) atoms. The van der Waals surface area contributed by atoms with Crippen molar-refractivity contribution in [2.24, 2.45) is 11.8 Å². The minimum absolute atomic E-state index is 0.0317. The molecule has 3 aromatic rings. The van der Waals surface area contributed by atoms with Crippen LogP contribution in [0.5, 0.6) is 0 Å². The van der Waals surface area contributed by atoms with Crippen molar-refractivity contribution in [1.82, 2.24) is 15.1 Å². The van der Waals surface area contributed by atoms with E-state index in [9.17, 15) is 4.79 Å². The Morgan fingerprint density at radius 3 is 2.74 bits per heavy atom. The maximum atomic E-state index is 12.9. The Labute approximate surface area is 168 Å². The van der Waals surface area contributed by atoms with Crippen LogP contribution in [-0.2, 0) is 0 Å². The minimum atomic E-state index is 0.0317. The van der Waals surface area contributed by atoms with Gasteiger partial charge in [0.2, 0.25) is 0 Å². The summed E-state index contributed by atoms with van der Waals surface area (Å²) in [6, 6.07) is 9.83. The van der Waals surface area contributed by atoms with Crippen LogP contribution in [0, 0.1) is 18.8 Å². The predicted molar refractivity (Wildman–Crippen MR) is 112 cm³/mol. The minimum Gasteiger partial charge on any atom is -0.348 e. The largest absolute Gasteiger partial charge is 0.348 e. The van der Waals surface area contributed by atoms with Crippen LogP contribution < -0.4 is 5.32 Å². The molecule has 0 spiro atoms. The lowest BCUT2D eigenvalue weighted by atomic mass is 9.78. The van der Waals surface area contributed by atoms with E-state index in [1.165, 1.54) is 24.2 Å². The van der Waals surface area contributed by atoms with Crippen LogP contribution in [0.2, 0.25) is 5.02 Å².